The lowest BCUT2D eigenvalue weighted by Crippen LogP contribution is -2.45. The maximum absolute atomic E-state index is 14.4. The topological polar surface area (TPSA) is 15.3 Å². The van der Waals surface area contributed by atoms with Crippen LogP contribution in [0.1, 0.15) is 22.3 Å². The molecule has 0 saturated carbocycles. The second-order valence-electron chi connectivity index (χ2n) is 7.56. The van der Waals surface area contributed by atoms with E-state index >= 15 is 0 Å². The third kappa shape index (κ3) is 4.67. The Balaban J connectivity index is 1.43. The molecule has 1 aliphatic heterocycles. The molecule has 0 aromatic heterocycles. The number of hydrogen-bond acceptors (Lipinski definition) is 2. The molecule has 0 radical (unpaired) electrons. The first kappa shape index (κ1) is 18.9. The number of nitrogens with zero attached hydrogens (tertiary/aromatic N) is 1. The Morgan fingerprint density at radius 2 is 1.57 bits per heavy atom. The van der Waals surface area contributed by atoms with Gasteiger partial charge >= 0.3 is 0 Å². The van der Waals surface area contributed by atoms with Crippen molar-refractivity contribution >= 4 is 0 Å². The Labute approximate surface area is 167 Å². The van der Waals surface area contributed by atoms with E-state index in [0.717, 1.165) is 43.6 Å². The Morgan fingerprint density at radius 3 is 2.32 bits per heavy atom. The molecule has 0 bridgehead atoms. The highest BCUT2D eigenvalue weighted by Crippen LogP contribution is 2.27. The summed E-state index contributed by atoms with van der Waals surface area (Å²) in [4.78, 5) is 2.44. The molecule has 1 heterocycles. The van der Waals surface area contributed by atoms with Crippen LogP contribution >= 0.6 is 0 Å². The fraction of sp³-hybridized carbons (Fsp3) is 0.280. The van der Waals surface area contributed by atoms with Crippen molar-refractivity contribution in [1.82, 2.24) is 10.2 Å². The number of benzene rings is 3. The van der Waals surface area contributed by atoms with Crippen LogP contribution in [0.3, 0.4) is 0 Å². The van der Waals surface area contributed by atoms with Gasteiger partial charge in [-0.05, 0) is 35.6 Å². The number of hydrogen-bond donors (Lipinski definition) is 1. The third-order valence-electron chi connectivity index (χ3n) is 5.61. The van der Waals surface area contributed by atoms with Crippen LogP contribution in [0.2, 0.25) is 0 Å². The van der Waals surface area contributed by atoms with Crippen molar-refractivity contribution in [2.24, 2.45) is 0 Å². The largest absolute Gasteiger partial charge is 0.311 e. The van der Waals surface area contributed by atoms with Crippen LogP contribution in [-0.2, 0) is 25.9 Å². The standard InChI is InChI=1S/C25H27FN2/c26-25-13-7-12-22-17-23(16-20-8-3-1-4-9-20)28(19-24(22)25)15-14-27-18-21-10-5-2-6-11-21/h1-13,23,27H,14-19H2. The van der Waals surface area contributed by atoms with E-state index in [1.54, 1.807) is 6.07 Å². The molecule has 1 unspecified atom stereocenters. The van der Waals surface area contributed by atoms with E-state index < -0.39 is 0 Å². The van der Waals surface area contributed by atoms with Crippen molar-refractivity contribution in [2.45, 2.75) is 32.0 Å². The van der Waals surface area contributed by atoms with E-state index in [1.807, 2.05) is 12.1 Å². The van der Waals surface area contributed by atoms with Crippen LogP contribution in [0.5, 0.6) is 0 Å². The first-order chi connectivity index (χ1) is 13.8. The van der Waals surface area contributed by atoms with Crippen LogP contribution in [-0.4, -0.2) is 24.0 Å². The summed E-state index contributed by atoms with van der Waals surface area (Å²) < 4.78 is 14.4. The van der Waals surface area contributed by atoms with Gasteiger partial charge < -0.3 is 5.32 Å². The molecule has 3 aromatic carbocycles. The van der Waals surface area contributed by atoms with E-state index in [9.17, 15) is 4.39 Å². The SMILES string of the molecule is Fc1cccc2c1CN(CCNCc1ccccc1)C(Cc1ccccc1)C2. The lowest BCUT2D eigenvalue weighted by atomic mass is 9.90. The minimum Gasteiger partial charge on any atom is -0.311 e. The van der Waals surface area contributed by atoms with Gasteiger partial charge in [0, 0.05) is 37.8 Å². The van der Waals surface area contributed by atoms with Gasteiger partial charge in [-0.15, -0.1) is 0 Å². The smallest absolute Gasteiger partial charge is 0.127 e. The molecule has 4 rings (SSSR count). The molecule has 0 amide bonds. The van der Waals surface area contributed by atoms with Gasteiger partial charge in [-0.25, -0.2) is 4.39 Å². The van der Waals surface area contributed by atoms with Crippen LogP contribution in [0.15, 0.2) is 78.9 Å². The van der Waals surface area contributed by atoms with E-state index in [1.165, 1.54) is 11.1 Å². The van der Waals surface area contributed by atoms with Crippen LogP contribution in [0, 0.1) is 5.82 Å². The summed E-state index contributed by atoms with van der Waals surface area (Å²) in [5.41, 5.74) is 4.66. The van der Waals surface area contributed by atoms with Crippen molar-refractivity contribution in [3.63, 3.8) is 0 Å². The summed E-state index contributed by atoms with van der Waals surface area (Å²) >= 11 is 0. The van der Waals surface area contributed by atoms with Crippen LogP contribution in [0.25, 0.3) is 0 Å². The second kappa shape index (κ2) is 9.13. The van der Waals surface area contributed by atoms with E-state index in [-0.39, 0.29) is 5.82 Å². The minimum atomic E-state index is -0.0714. The molecular weight excluding hydrogens is 347 g/mol. The zero-order valence-corrected chi connectivity index (χ0v) is 16.2. The summed E-state index contributed by atoms with van der Waals surface area (Å²) in [6.45, 7) is 3.36. The Bertz CT molecular complexity index is 880. The highest BCUT2D eigenvalue weighted by atomic mass is 19.1. The monoisotopic (exact) mass is 374 g/mol. The Kier molecular flexibility index (Phi) is 6.15. The van der Waals surface area contributed by atoms with Crippen molar-refractivity contribution in [1.29, 1.82) is 0 Å². The molecule has 1 N–H and O–H groups in total. The molecule has 1 atom stereocenters. The molecule has 3 aromatic rings. The first-order valence-electron chi connectivity index (χ1n) is 10.1. The average molecular weight is 375 g/mol. The van der Waals surface area contributed by atoms with Gasteiger partial charge in [0.1, 0.15) is 5.82 Å². The number of nitrogens with one attached hydrogen (secondary N) is 1. The molecule has 0 spiro atoms. The molecule has 1 aliphatic rings. The lowest BCUT2D eigenvalue weighted by molar-refractivity contribution is 0.167. The molecule has 0 saturated heterocycles. The van der Waals surface area contributed by atoms with Gasteiger partial charge in [0.2, 0.25) is 0 Å². The normalized spacial score (nSPS) is 16.7. The maximum Gasteiger partial charge on any atom is 0.127 e. The summed E-state index contributed by atoms with van der Waals surface area (Å²) in [6.07, 6.45) is 1.90. The fourth-order valence-electron chi connectivity index (χ4n) is 4.09. The van der Waals surface area contributed by atoms with Crippen LogP contribution < -0.4 is 5.32 Å². The number of rotatable bonds is 7. The predicted molar refractivity (Wildman–Crippen MR) is 113 cm³/mol. The zero-order chi connectivity index (χ0) is 19.2. The highest BCUT2D eigenvalue weighted by molar-refractivity contribution is 5.32. The van der Waals surface area contributed by atoms with Crippen LogP contribution in [0.4, 0.5) is 4.39 Å². The van der Waals surface area contributed by atoms with E-state index in [0.29, 0.717) is 12.6 Å². The van der Waals surface area contributed by atoms with Gasteiger partial charge in [-0.1, -0.05) is 72.8 Å². The molecule has 144 valence electrons. The maximum atomic E-state index is 14.4. The predicted octanol–water partition coefficient (Wildman–Crippen LogP) is 4.58. The summed E-state index contributed by atoms with van der Waals surface area (Å²) in [5.74, 6) is -0.0714. The summed E-state index contributed by atoms with van der Waals surface area (Å²) in [5, 5.41) is 3.54. The highest BCUT2D eigenvalue weighted by Gasteiger charge is 2.27. The van der Waals surface area contributed by atoms with E-state index in [4.69, 9.17) is 0 Å². The van der Waals surface area contributed by atoms with Crippen molar-refractivity contribution < 1.29 is 4.39 Å². The number of halogens is 1. The zero-order valence-electron chi connectivity index (χ0n) is 16.2. The molecule has 0 aliphatic carbocycles. The van der Waals surface area contributed by atoms with E-state index in [2.05, 4.69) is 70.9 Å². The molecular formula is C25H27FN2. The molecule has 2 nitrogen and oxygen atoms in total. The van der Waals surface area contributed by atoms with Gasteiger partial charge in [0.25, 0.3) is 0 Å². The molecule has 0 fully saturated rings. The third-order valence-corrected chi connectivity index (χ3v) is 5.61. The van der Waals surface area contributed by atoms with Gasteiger partial charge in [0.05, 0.1) is 0 Å². The second-order valence-corrected chi connectivity index (χ2v) is 7.56. The van der Waals surface area contributed by atoms with Gasteiger partial charge in [-0.3, -0.25) is 4.90 Å². The lowest BCUT2D eigenvalue weighted by Gasteiger charge is -2.37. The van der Waals surface area contributed by atoms with Crippen molar-refractivity contribution in [3.8, 4) is 0 Å². The fourth-order valence-corrected chi connectivity index (χ4v) is 4.09. The summed E-state index contributed by atoms with van der Waals surface area (Å²) in [6, 6.07) is 27.0. The Hall–Kier alpha value is -2.49. The summed E-state index contributed by atoms with van der Waals surface area (Å²) in [7, 11) is 0. The molecule has 28 heavy (non-hydrogen) atoms. The minimum absolute atomic E-state index is 0.0714. The van der Waals surface area contributed by atoms with Gasteiger partial charge in [0.15, 0.2) is 0 Å². The Morgan fingerprint density at radius 1 is 0.857 bits per heavy atom. The number of fused-ring (bicyclic) bond motifs is 1. The molecule has 3 heteroatoms. The quantitative estimate of drug-likeness (QED) is 0.609. The average Bonchev–Trinajstić information content (AvgIpc) is 2.73. The van der Waals surface area contributed by atoms with Crippen molar-refractivity contribution in [2.75, 3.05) is 13.1 Å². The van der Waals surface area contributed by atoms with Gasteiger partial charge in [-0.2, -0.15) is 0 Å². The van der Waals surface area contributed by atoms with Crippen molar-refractivity contribution in [3.05, 3.63) is 107 Å². The first-order valence-corrected chi connectivity index (χ1v) is 10.1.